The average molecular weight is 315 g/mol. The van der Waals surface area contributed by atoms with Crippen molar-refractivity contribution in [3.8, 4) is 5.75 Å². The van der Waals surface area contributed by atoms with Gasteiger partial charge in [-0.15, -0.1) is 0 Å². The summed E-state index contributed by atoms with van der Waals surface area (Å²) in [5.41, 5.74) is 0.812. The summed E-state index contributed by atoms with van der Waals surface area (Å²) in [6, 6.07) is 10.1. The van der Waals surface area contributed by atoms with Gasteiger partial charge in [-0.1, -0.05) is 13.8 Å². The van der Waals surface area contributed by atoms with Crippen LogP contribution in [0.15, 0.2) is 42.6 Å². The highest BCUT2D eigenvalue weighted by Crippen LogP contribution is 2.14. The molecule has 1 N–H and O–H groups in total. The van der Waals surface area contributed by atoms with E-state index in [1.54, 1.807) is 42.6 Å². The van der Waals surface area contributed by atoms with Gasteiger partial charge in [0.15, 0.2) is 6.61 Å². The number of aromatic amines is 1. The zero-order valence-corrected chi connectivity index (χ0v) is 13.4. The summed E-state index contributed by atoms with van der Waals surface area (Å²) < 4.78 is 10.6. The van der Waals surface area contributed by atoms with E-state index in [1.165, 1.54) is 0 Å². The summed E-state index contributed by atoms with van der Waals surface area (Å²) >= 11 is 0. The Bertz CT molecular complexity index is 630. The molecular weight excluding hydrogens is 294 g/mol. The van der Waals surface area contributed by atoms with Crippen molar-refractivity contribution in [1.29, 1.82) is 0 Å². The number of hydrogen-bond donors (Lipinski definition) is 1. The maximum Gasteiger partial charge on any atom is 0.338 e. The number of nitrogens with one attached hydrogen (secondary N) is 1. The van der Waals surface area contributed by atoms with Crippen LogP contribution in [-0.2, 0) is 4.74 Å². The van der Waals surface area contributed by atoms with Crippen molar-refractivity contribution in [2.75, 3.05) is 13.2 Å². The highest BCUT2D eigenvalue weighted by Gasteiger charge is 2.12. The van der Waals surface area contributed by atoms with Crippen molar-refractivity contribution in [2.45, 2.75) is 20.3 Å². The number of ketones is 1. The Balaban J connectivity index is 1.81. The average Bonchev–Trinajstić information content (AvgIpc) is 3.07. The van der Waals surface area contributed by atoms with E-state index in [2.05, 4.69) is 18.8 Å². The summed E-state index contributed by atoms with van der Waals surface area (Å²) in [6.07, 6.45) is 2.62. The van der Waals surface area contributed by atoms with Gasteiger partial charge in [-0.05, 0) is 48.7 Å². The first kappa shape index (κ1) is 16.8. The fourth-order valence-corrected chi connectivity index (χ4v) is 1.90. The molecule has 5 heteroatoms. The molecular formula is C18H21NO4. The Morgan fingerprint density at radius 2 is 1.87 bits per heavy atom. The minimum atomic E-state index is -0.529. The van der Waals surface area contributed by atoms with Crippen molar-refractivity contribution in [3.05, 3.63) is 53.9 Å². The van der Waals surface area contributed by atoms with Gasteiger partial charge in [0, 0.05) is 6.20 Å². The molecule has 1 aromatic heterocycles. The molecule has 0 bridgehead atoms. The second kappa shape index (κ2) is 8.17. The second-order valence-electron chi connectivity index (χ2n) is 5.64. The summed E-state index contributed by atoms with van der Waals surface area (Å²) in [7, 11) is 0. The van der Waals surface area contributed by atoms with Crippen molar-refractivity contribution >= 4 is 11.8 Å². The number of aromatic nitrogens is 1. The molecule has 0 aliphatic carbocycles. The minimum Gasteiger partial charge on any atom is -0.494 e. The lowest BCUT2D eigenvalue weighted by Gasteiger charge is -2.08. The van der Waals surface area contributed by atoms with Crippen molar-refractivity contribution < 1.29 is 19.1 Å². The van der Waals surface area contributed by atoms with Gasteiger partial charge in [0.2, 0.25) is 5.78 Å². The Labute approximate surface area is 135 Å². The maximum absolute atomic E-state index is 11.9. The number of ether oxygens (including phenoxy) is 2. The van der Waals surface area contributed by atoms with Gasteiger partial charge in [-0.2, -0.15) is 0 Å². The molecule has 5 nitrogen and oxygen atoms in total. The first-order valence-corrected chi connectivity index (χ1v) is 7.63. The van der Waals surface area contributed by atoms with Crippen LogP contribution in [0.2, 0.25) is 0 Å². The number of benzene rings is 1. The van der Waals surface area contributed by atoms with Gasteiger partial charge in [0.25, 0.3) is 0 Å². The topological polar surface area (TPSA) is 68.4 Å². The van der Waals surface area contributed by atoms with Gasteiger partial charge in [-0.3, -0.25) is 4.79 Å². The highest BCUT2D eigenvalue weighted by molar-refractivity contribution is 5.98. The normalized spacial score (nSPS) is 10.6. The predicted octanol–water partition coefficient (Wildman–Crippen LogP) is 3.48. The molecule has 0 fully saturated rings. The van der Waals surface area contributed by atoms with Crippen LogP contribution in [0.3, 0.4) is 0 Å². The molecule has 2 aromatic rings. The molecule has 0 spiro atoms. The van der Waals surface area contributed by atoms with E-state index in [9.17, 15) is 9.59 Å². The molecule has 0 saturated heterocycles. The number of H-pyrrole nitrogens is 1. The summed E-state index contributed by atoms with van der Waals surface area (Å²) in [6.45, 7) is 4.63. The smallest absolute Gasteiger partial charge is 0.338 e. The lowest BCUT2D eigenvalue weighted by Crippen LogP contribution is -2.14. The largest absolute Gasteiger partial charge is 0.494 e. The number of carbonyl (C=O) groups is 2. The van der Waals surface area contributed by atoms with Gasteiger partial charge >= 0.3 is 5.97 Å². The zero-order chi connectivity index (χ0) is 16.7. The second-order valence-corrected chi connectivity index (χ2v) is 5.64. The first-order chi connectivity index (χ1) is 11.1. The molecule has 0 unspecified atom stereocenters. The van der Waals surface area contributed by atoms with Gasteiger partial charge in [0.05, 0.1) is 17.9 Å². The van der Waals surface area contributed by atoms with Crippen LogP contribution in [0.1, 0.15) is 41.1 Å². The molecule has 0 aliphatic heterocycles. The van der Waals surface area contributed by atoms with E-state index >= 15 is 0 Å². The molecule has 1 heterocycles. The molecule has 0 amide bonds. The monoisotopic (exact) mass is 315 g/mol. The molecule has 2 rings (SSSR count). The van der Waals surface area contributed by atoms with Gasteiger partial charge in [-0.25, -0.2) is 4.79 Å². The van der Waals surface area contributed by atoms with E-state index in [-0.39, 0.29) is 12.4 Å². The van der Waals surface area contributed by atoms with Crippen molar-refractivity contribution in [2.24, 2.45) is 5.92 Å². The van der Waals surface area contributed by atoms with Gasteiger partial charge < -0.3 is 14.5 Å². The van der Waals surface area contributed by atoms with Crippen LogP contribution < -0.4 is 4.74 Å². The number of esters is 1. The van der Waals surface area contributed by atoms with Crippen LogP contribution in [0, 0.1) is 5.92 Å². The van der Waals surface area contributed by atoms with E-state index in [4.69, 9.17) is 9.47 Å². The van der Waals surface area contributed by atoms with Crippen LogP contribution in [0.5, 0.6) is 5.75 Å². The Morgan fingerprint density at radius 1 is 1.13 bits per heavy atom. The molecule has 122 valence electrons. The first-order valence-electron chi connectivity index (χ1n) is 7.63. The number of hydrogen-bond acceptors (Lipinski definition) is 4. The fourth-order valence-electron chi connectivity index (χ4n) is 1.90. The standard InChI is InChI=1S/C18H21NO4/c1-13(2)9-11-22-15-7-5-14(6-8-15)18(21)23-12-17(20)16-4-3-10-19-16/h3-8,10,13,19H,9,11-12H2,1-2H3. The van der Waals surface area contributed by atoms with E-state index in [1.807, 2.05) is 0 Å². The minimum absolute atomic E-state index is 0.267. The van der Waals surface area contributed by atoms with E-state index in [0.29, 0.717) is 29.5 Å². The van der Waals surface area contributed by atoms with Crippen LogP contribution in [0.4, 0.5) is 0 Å². The fraction of sp³-hybridized carbons (Fsp3) is 0.333. The Kier molecular flexibility index (Phi) is 5.97. The number of rotatable bonds is 8. The number of carbonyl (C=O) groups excluding carboxylic acids is 2. The van der Waals surface area contributed by atoms with E-state index < -0.39 is 5.97 Å². The SMILES string of the molecule is CC(C)CCOc1ccc(C(=O)OCC(=O)c2ccc[nH]2)cc1. The molecule has 0 atom stereocenters. The Hall–Kier alpha value is -2.56. The third-order valence-corrected chi connectivity index (χ3v) is 3.29. The van der Waals surface area contributed by atoms with Crippen molar-refractivity contribution in [3.63, 3.8) is 0 Å². The molecule has 0 radical (unpaired) electrons. The highest BCUT2D eigenvalue weighted by atomic mass is 16.5. The zero-order valence-electron chi connectivity index (χ0n) is 13.4. The van der Waals surface area contributed by atoms with Crippen LogP contribution in [-0.4, -0.2) is 30.0 Å². The predicted molar refractivity (Wildman–Crippen MR) is 86.8 cm³/mol. The summed E-state index contributed by atoms with van der Waals surface area (Å²) in [4.78, 5) is 26.4. The third-order valence-electron chi connectivity index (χ3n) is 3.29. The molecule has 1 aromatic carbocycles. The van der Waals surface area contributed by atoms with Crippen LogP contribution >= 0.6 is 0 Å². The summed E-state index contributed by atoms with van der Waals surface area (Å²) in [5.74, 6) is 0.502. The van der Waals surface area contributed by atoms with Gasteiger partial charge in [0.1, 0.15) is 5.75 Å². The maximum atomic E-state index is 11.9. The van der Waals surface area contributed by atoms with E-state index in [0.717, 1.165) is 6.42 Å². The lowest BCUT2D eigenvalue weighted by atomic mass is 10.1. The summed E-state index contributed by atoms with van der Waals surface area (Å²) in [5, 5.41) is 0. The lowest BCUT2D eigenvalue weighted by molar-refractivity contribution is 0.0473. The molecule has 0 saturated carbocycles. The van der Waals surface area contributed by atoms with Crippen molar-refractivity contribution in [1.82, 2.24) is 4.98 Å². The molecule has 0 aliphatic rings. The van der Waals surface area contributed by atoms with Crippen LogP contribution in [0.25, 0.3) is 0 Å². The number of Topliss-reactive ketones (excluding diaryl/α,β-unsaturated/α-hetero) is 1. The Morgan fingerprint density at radius 3 is 2.48 bits per heavy atom. The third kappa shape index (κ3) is 5.29. The molecule has 23 heavy (non-hydrogen) atoms. The quantitative estimate of drug-likeness (QED) is 0.598.